The summed E-state index contributed by atoms with van der Waals surface area (Å²) in [4.78, 5) is 27.6. The number of amides is 1. The summed E-state index contributed by atoms with van der Waals surface area (Å²) >= 11 is 0. The zero-order chi connectivity index (χ0) is 13.9. The van der Waals surface area contributed by atoms with Gasteiger partial charge in [0.15, 0.2) is 0 Å². The van der Waals surface area contributed by atoms with Crippen LogP contribution in [0.2, 0.25) is 0 Å². The normalized spacial score (nSPS) is 26.7. The van der Waals surface area contributed by atoms with Gasteiger partial charge in [0.05, 0.1) is 0 Å². The molecule has 1 saturated carbocycles. The predicted octanol–water partition coefficient (Wildman–Crippen LogP) is 1.84. The van der Waals surface area contributed by atoms with E-state index in [0.29, 0.717) is 18.8 Å². The van der Waals surface area contributed by atoms with Crippen LogP contribution < -0.4 is 5.32 Å². The van der Waals surface area contributed by atoms with E-state index in [1.165, 1.54) is 6.20 Å². The van der Waals surface area contributed by atoms with Crippen molar-refractivity contribution in [2.45, 2.75) is 38.1 Å². The van der Waals surface area contributed by atoms with Gasteiger partial charge in [-0.05, 0) is 30.9 Å². The lowest BCUT2D eigenvalue weighted by Crippen LogP contribution is -2.56. The van der Waals surface area contributed by atoms with Crippen LogP contribution in [-0.2, 0) is 4.79 Å². The highest BCUT2D eigenvalue weighted by Crippen LogP contribution is 2.32. The van der Waals surface area contributed by atoms with Crippen molar-refractivity contribution in [1.82, 2.24) is 10.3 Å². The SMILES string of the molecule is C[C@@H]1CCC[C@](NC(=O)c2ccccn2)(C(=O)O)C1. The molecule has 1 aromatic heterocycles. The lowest BCUT2D eigenvalue weighted by molar-refractivity contribution is -0.146. The van der Waals surface area contributed by atoms with Crippen molar-refractivity contribution in [2.24, 2.45) is 5.92 Å². The van der Waals surface area contributed by atoms with Crippen LogP contribution in [0.1, 0.15) is 43.1 Å². The van der Waals surface area contributed by atoms with Crippen molar-refractivity contribution >= 4 is 11.9 Å². The third-order valence-electron chi connectivity index (χ3n) is 3.66. The maximum absolute atomic E-state index is 12.1. The van der Waals surface area contributed by atoms with Gasteiger partial charge >= 0.3 is 5.97 Å². The first-order chi connectivity index (χ1) is 9.03. The van der Waals surface area contributed by atoms with Crippen LogP contribution in [-0.4, -0.2) is 27.5 Å². The van der Waals surface area contributed by atoms with Crippen LogP contribution in [0.15, 0.2) is 24.4 Å². The molecule has 2 atom stereocenters. The Labute approximate surface area is 112 Å². The fourth-order valence-corrected chi connectivity index (χ4v) is 2.69. The number of hydrogen-bond acceptors (Lipinski definition) is 3. The summed E-state index contributed by atoms with van der Waals surface area (Å²) < 4.78 is 0. The second-order valence-electron chi connectivity index (χ2n) is 5.26. The van der Waals surface area contributed by atoms with Gasteiger partial charge in [-0.1, -0.05) is 25.8 Å². The third-order valence-corrected chi connectivity index (χ3v) is 3.66. The Morgan fingerprint density at radius 2 is 2.26 bits per heavy atom. The fraction of sp³-hybridized carbons (Fsp3) is 0.500. The van der Waals surface area contributed by atoms with Gasteiger partial charge in [0.2, 0.25) is 0 Å². The highest BCUT2D eigenvalue weighted by molar-refractivity contribution is 5.96. The maximum Gasteiger partial charge on any atom is 0.329 e. The molecular formula is C14H18N2O3. The van der Waals surface area contributed by atoms with Crippen LogP contribution in [0.25, 0.3) is 0 Å². The summed E-state index contributed by atoms with van der Waals surface area (Å²) in [5.74, 6) is -1.07. The Balaban J connectivity index is 2.18. The lowest BCUT2D eigenvalue weighted by atomic mass is 9.76. The van der Waals surface area contributed by atoms with Crippen LogP contribution in [0.3, 0.4) is 0 Å². The number of carboxylic acids is 1. The van der Waals surface area contributed by atoms with Crippen molar-refractivity contribution in [3.8, 4) is 0 Å². The molecule has 0 radical (unpaired) electrons. The Hall–Kier alpha value is -1.91. The molecule has 19 heavy (non-hydrogen) atoms. The molecule has 1 aliphatic carbocycles. The monoisotopic (exact) mass is 262 g/mol. The van der Waals surface area contributed by atoms with Gasteiger partial charge in [-0.25, -0.2) is 4.79 Å². The molecule has 5 heteroatoms. The number of rotatable bonds is 3. The van der Waals surface area contributed by atoms with Gasteiger partial charge in [-0.15, -0.1) is 0 Å². The number of hydrogen-bond donors (Lipinski definition) is 2. The van der Waals surface area contributed by atoms with E-state index in [0.717, 1.165) is 12.8 Å². The molecule has 0 aromatic carbocycles. The number of carboxylic acid groups (broad SMARTS) is 1. The van der Waals surface area contributed by atoms with E-state index < -0.39 is 17.4 Å². The van der Waals surface area contributed by atoms with E-state index in [-0.39, 0.29) is 5.69 Å². The standard InChI is InChI=1S/C14H18N2O3/c1-10-5-4-7-14(9-10,13(18)19)16-12(17)11-6-2-3-8-15-11/h2-3,6,8,10H,4-5,7,9H2,1H3,(H,16,17)(H,18,19)/t10-,14-/m1/s1. The molecule has 1 amide bonds. The predicted molar refractivity (Wildman–Crippen MR) is 69.7 cm³/mol. The first-order valence-electron chi connectivity index (χ1n) is 6.50. The van der Waals surface area contributed by atoms with E-state index in [2.05, 4.69) is 10.3 Å². The summed E-state index contributed by atoms with van der Waals surface area (Å²) in [5, 5.41) is 12.1. The number of carbonyl (C=O) groups excluding carboxylic acids is 1. The van der Waals surface area contributed by atoms with Crippen LogP contribution >= 0.6 is 0 Å². The molecule has 0 spiro atoms. The molecule has 1 heterocycles. The van der Waals surface area contributed by atoms with Gasteiger partial charge in [0.25, 0.3) is 5.91 Å². The van der Waals surface area contributed by atoms with Gasteiger partial charge in [-0.2, -0.15) is 0 Å². The minimum atomic E-state index is -1.15. The first kappa shape index (κ1) is 13.5. The summed E-state index contributed by atoms with van der Waals surface area (Å²) in [6, 6.07) is 5.00. The average Bonchev–Trinajstić information content (AvgIpc) is 2.39. The third kappa shape index (κ3) is 2.92. The molecule has 0 saturated heterocycles. The molecule has 1 aromatic rings. The molecule has 5 nitrogen and oxygen atoms in total. The lowest BCUT2D eigenvalue weighted by Gasteiger charge is -2.36. The summed E-state index contributed by atoms with van der Waals surface area (Å²) in [7, 11) is 0. The topological polar surface area (TPSA) is 79.3 Å². The summed E-state index contributed by atoms with van der Waals surface area (Å²) in [6.45, 7) is 2.02. The number of nitrogens with zero attached hydrogens (tertiary/aromatic N) is 1. The van der Waals surface area contributed by atoms with E-state index in [1.54, 1.807) is 18.2 Å². The number of carbonyl (C=O) groups is 2. The molecule has 2 rings (SSSR count). The Morgan fingerprint density at radius 3 is 2.84 bits per heavy atom. The molecule has 1 fully saturated rings. The molecule has 1 aliphatic rings. The molecule has 0 aliphatic heterocycles. The zero-order valence-electron chi connectivity index (χ0n) is 10.9. The summed E-state index contributed by atoms with van der Waals surface area (Å²) in [5.41, 5.74) is -0.895. The van der Waals surface area contributed by atoms with Crippen LogP contribution in [0, 0.1) is 5.92 Å². The smallest absolute Gasteiger partial charge is 0.329 e. The van der Waals surface area contributed by atoms with Crippen molar-refractivity contribution in [2.75, 3.05) is 0 Å². The second-order valence-corrected chi connectivity index (χ2v) is 5.26. The number of nitrogens with one attached hydrogen (secondary N) is 1. The number of aliphatic carboxylic acids is 1. The maximum atomic E-state index is 12.1. The van der Waals surface area contributed by atoms with Crippen molar-refractivity contribution in [1.29, 1.82) is 0 Å². The first-order valence-corrected chi connectivity index (χ1v) is 6.50. The van der Waals surface area contributed by atoms with Crippen molar-refractivity contribution in [3.63, 3.8) is 0 Å². The van der Waals surface area contributed by atoms with Gasteiger partial charge in [0.1, 0.15) is 11.2 Å². The molecule has 0 bridgehead atoms. The Bertz CT molecular complexity index is 475. The molecular weight excluding hydrogens is 244 g/mol. The van der Waals surface area contributed by atoms with Crippen molar-refractivity contribution < 1.29 is 14.7 Å². The van der Waals surface area contributed by atoms with Gasteiger partial charge in [0, 0.05) is 6.20 Å². The second kappa shape index (κ2) is 5.38. The summed E-state index contributed by atoms with van der Waals surface area (Å²) in [6.07, 6.45) is 4.29. The minimum Gasteiger partial charge on any atom is -0.480 e. The number of aromatic nitrogens is 1. The van der Waals surface area contributed by atoms with Crippen LogP contribution in [0.4, 0.5) is 0 Å². The van der Waals surface area contributed by atoms with Gasteiger partial charge in [-0.3, -0.25) is 9.78 Å². The van der Waals surface area contributed by atoms with Crippen LogP contribution in [0.5, 0.6) is 0 Å². The molecule has 2 N–H and O–H groups in total. The van der Waals surface area contributed by atoms with Gasteiger partial charge < -0.3 is 10.4 Å². The van der Waals surface area contributed by atoms with Crippen molar-refractivity contribution in [3.05, 3.63) is 30.1 Å². The van der Waals surface area contributed by atoms with E-state index in [1.807, 2.05) is 6.92 Å². The highest BCUT2D eigenvalue weighted by atomic mass is 16.4. The van der Waals surface area contributed by atoms with E-state index in [4.69, 9.17) is 0 Å². The zero-order valence-corrected chi connectivity index (χ0v) is 10.9. The molecule has 0 unspecified atom stereocenters. The minimum absolute atomic E-state index is 0.251. The average molecular weight is 262 g/mol. The Morgan fingerprint density at radius 1 is 1.47 bits per heavy atom. The molecule has 102 valence electrons. The Kier molecular flexibility index (Phi) is 3.83. The van der Waals surface area contributed by atoms with E-state index >= 15 is 0 Å². The number of pyridine rings is 1. The largest absolute Gasteiger partial charge is 0.480 e. The fourth-order valence-electron chi connectivity index (χ4n) is 2.69. The highest BCUT2D eigenvalue weighted by Gasteiger charge is 2.43. The van der Waals surface area contributed by atoms with E-state index in [9.17, 15) is 14.7 Å². The quantitative estimate of drug-likeness (QED) is 0.871.